The second kappa shape index (κ2) is 19.1. The van der Waals surface area contributed by atoms with Gasteiger partial charge in [-0.05, 0) is 110 Å². The van der Waals surface area contributed by atoms with Gasteiger partial charge in [0.25, 0.3) is 11.8 Å². The van der Waals surface area contributed by atoms with Crippen molar-refractivity contribution in [2.24, 2.45) is 5.14 Å². The maximum absolute atomic E-state index is 12.4. The fourth-order valence-electron chi connectivity index (χ4n) is 8.44. The molecule has 5 heterocycles. The summed E-state index contributed by atoms with van der Waals surface area (Å²) in [5, 5.41) is 18.1. The Hall–Kier alpha value is -8.54. The van der Waals surface area contributed by atoms with Crippen molar-refractivity contribution < 1.29 is 18.0 Å². The molecule has 2 fully saturated rings. The van der Waals surface area contributed by atoms with Crippen LogP contribution in [0.4, 0.5) is 11.6 Å². The van der Waals surface area contributed by atoms with Crippen molar-refractivity contribution >= 4 is 66.8 Å². The molecular weight excluding hydrogens is 913 g/mol. The van der Waals surface area contributed by atoms with Crippen molar-refractivity contribution in [3.63, 3.8) is 0 Å². The number of para-hydroxylation sites is 4. The first-order chi connectivity index (χ1) is 34.6. The van der Waals surface area contributed by atoms with Crippen LogP contribution in [0.1, 0.15) is 57.5 Å². The number of carbonyl (C=O) groups excluding carboxylic acids is 2. The molecule has 0 atom stereocenters. The summed E-state index contributed by atoms with van der Waals surface area (Å²) in [5.74, 6) is 1.28. The second-order valence-corrected chi connectivity index (χ2v) is 19.3. The Morgan fingerprint density at radius 3 is 1.56 bits per heavy atom. The van der Waals surface area contributed by atoms with Gasteiger partial charge in [0, 0.05) is 59.8 Å². The van der Waals surface area contributed by atoms with E-state index in [2.05, 4.69) is 47.8 Å². The number of hydrogen-bond donors (Lipinski definition) is 5. The number of pyridine rings is 1. The van der Waals surface area contributed by atoms with Gasteiger partial charge in [-0.2, -0.15) is 0 Å². The number of imidazole rings is 2. The second-order valence-electron chi connectivity index (χ2n) is 17.7. The Balaban J connectivity index is 0.000000155. The summed E-state index contributed by atoms with van der Waals surface area (Å²) in [6.45, 7) is 1.14. The number of nitrogens with one attached hydrogen (secondary N) is 4. The number of benzene rings is 5. The number of carbonyl (C=O) groups is 2. The van der Waals surface area contributed by atoms with Gasteiger partial charge in [-0.1, -0.05) is 66.7 Å². The van der Waals surface area contributed by atoms with Crippen LogP contribution in [0.15, 0.2) is 163 Å². The van der Waals surface area contributed by atoms with E-state index in [9.17, 15) is 18.0 Å². The average molecular weight is 961 g/mol. The maximum atomic E-state index is 12.4. The molecule has 0 unspecified atom stereocenters. The van der Waals surface area contributed by atoms with Crippen LogP contribution in [0.25, 0.3) is 55.9 Å². The predicted octanol–water partition coefficient (Wildman–Crippen LogP) is 8.19. The van der Waals surface area contributed by atoms with Crippen LogP contribution < -0.4 is 26.4 Å². The first kappa shape index (κ1) is 44.9. The van der Waals surface area contributed by atoms with Crippen molar-refractivity contribution in [2.45, 2.75) is 55.6 Å². The zero-order valence-electron chi connectivity index (χ0n) is 38.4. The van der Waals surface area contributed by atoms with Crippen molar-refractivity contribution in [2.75, 3.05) is 17.2 Å². The van der Waals surface area contributed by atoms with Gasteiger partial charge in [-0.15, -0.1) is 0 Å². The van der Waals surface area contributed by atoms with Crippen LogP contribution in [0.2, 0.25) is 0 Å². The molecule has 0 radical (unpaired) electrons. The smallest absolute Gasteiger partial charge is 0.251 e. The Bertz CT molecular complexity index is 3710. The van der Waals surface area contributed by atoms with E-state index >= 15 is 0 Å². The van der Waals surface area contributed by atoms with Crippen LogP contribution >= 0.6 is 0 Å². The van der Waals surface area contributed by atoms with Gasteiger partial charge in [0.15, 0.2) is 22.9 Å². The lowest BCUT2D eigenvalue weighted by molar-refractivity contribution is 0.0942. The van der Waals surface area contributed by atoms with Crippen LogP contribution in [0, 0.1) is 0 Å². The molecule has 16 nitrogen and oxygen atoms in total. The van der Waals surface area contributed by atoms with E-state index in [0.717, 1.165) is 100 Å². The zero-order chi connectivity index (χ0) is 48.5. The van der Waals surface area contributed by atoms with Crippen LogP contribution in [-0.2, 0) is 23.0 Å². The van der Waals surface area contributed by atoms with E-state index in [0.29, 0.717) is 41.2 Å². The summed E-state index contributed by atoms with van der Waals surface area (Å²) in [5.41, 5.74) is 12.1. The molecule has 10 aromatic rings. The van der Waals surface area contributed by atoms with Gasteiger partial charge in [0.2, 0.25) is 10.0 Å². The molecule has 6 N–H and O–H groups in total. The van der Waals surface area contributed by atoms with E-state index in [1.165, 1.54) is 17.7 Å². The van der Waals surface area contributed by atoms with Gasteiger partial charge in [-0.25, -0.2) is 33.5 Å². The number of nitrogens with two attached hydrogens (primary N) is 1. The van der Waals surface area contributed by atoms with Crippen molar-refractivity contribution in [3.05, 3.63) is 181 Å². The molecule has 17 heteroatoms. The summed E-state index contributed by atoms with van der Waals surface area (Å²) >= 11 is 0. The Labute approximate surface area is 408 Å². The monoisotopic (exact) mass is 960 g/mol. The van der Waals surface area contributed by atoms with Gasteiger partial charge >= 0.3 is 0 Å². The Morgan fingerprint density at radius 2 is 1.08 bits per heavy atom. The van der Waals surface area contributed by atoms with Crippen molar-refractivity contribution in [3.8, 4) is 22.5 Å². The number of anilines is 2. The summed E-state index contributed by atoms with van der Waals surface area (Å²) in [6.07, 6.45) is 12.4. The average Bonchev–Trinajstić information content (AvgIpc) is 4.31. The van der Waals surface area contributed by atoms with Crippen molar-refractivity contribution in [1.29, 1.82) is 0 Å². The minimum Gasteiger partial charge on any atom is -0.367 e. The molecule has 0 spiro atoms. The number of aromatic nitrogens is 7. The number of rotatable bonds is 14. The molecule has 71 heavy (non-hydrogen) atoms. The topological polar surface area (TPSA) is 216 Å². The lowest BCUT2D eigenvalue weighted by atomic mass is 10.1. The standard InChI is InChI=1S/C27H24N6O3S.C27H24N6O/c28-37(35,36)21-13-5-17(6-14-21)15-29-25-26-30-16-24(33(26)23-4-2-1-3-22(23)32-25)18-7-9-19(10-8-18)27(34)31-20-11-12-20;34-27(31-21-11-12-21)20-9-7-19(8-10-20)24-17-30-26-25(29-15-13-18-4-3-14-28-16-18)32-22-5-1-2-6-23(22)33(24)26/h1-10,13-14,16,20H,11-12,15H2,(H,29,32)(H,31,34)(H2,28,35,36);1-10,14,16-17,21H,11-13,15H2,(H,29,32)(H,31,34). The molecule has 5 aromatic carbocycles. The predicted molar refractivity (Wildman–Crippen MR) is 274 cm³/mol. The first-order valence-corrected chi connectivity index (χ1v) is 25.0. The number of hydrogen-bond acceptors (Lipinski definition) is 11. The molecule has 12 rings (SSSR count). The molecule has 0 bridgehead atoms. The molecule has 2 amide bonds. The molecule has 5 aromatic heterocycles. The lowest BCUT2D eigenvalue weighted by Gasteiger charge is -2.12. The molecule has 354 valence electrons. The Morgan fingerprint density at radius 1 is 0.577 bits per heavy atom. The highest BCUT2D eigenvalue weighted by atomic mass is 32.2. The van der Waals surface area contributed by atoms with E-state index < -0.39 is 10.0 Å². The molecule has 2 aliphatic carbocycles. The van der Waals surface area contributed by atoms with Gasteiger partial charge in [0.1, 0.15) is 0 Å². The third kappa shape index (κ3) is 9.86. The number of sulfonamides is 1. The summed E-state index contributed by atoms with van der Waals surface area (Å²) in [4.78, 5) is 48.1. The molecular formula is C54H48N12O4S. The number of amides is 2. The van der Waals surface area contributed by atoms with Gasteiger partial charge in [0.05, 0.1) is 50.7 Å². The zero-order valence-corrected chi connectivity index (χ0v) is 39.2. The highest BCUT2D eigenvalue weighted by Crippen LogP contribution is 2.31. The first-order valence-electron chi connectivity index (χ1n) is 23.5. The minimum atomic E-state index is -3.74. The SMILES string of the molecule is NS(=O)(=O)c1ccc(CNc2nc3ccccc3n3c(-c4ccc(C(=O)NC5CC5)cc4)cnc23)cc1.O=C(NC1CC1)c1ccc(-c2cnc3c(NCCc4cccnc4)nc4ccccc4n23)cc1. The molecule has 0 saturated heterocycles. The maximum Gasteiger partial charge on any atom is 0.251 e. The largest absolute Gasteiger partial charge is 0.367 e. The molecule has 2 aliphatic rings. The fraction of sp³-hybridized carbons (Fsp3) is 0.167. The van der Waals surface area contributed by atoms with E-state index in [-0.39, 0.29) is 16.7 Å². The lowest BCUT2D eigenvalue weighted by Crippen LogP contribution is -2.25. The van der Waals surface area contributed by atoms with Crippen LogP contribution in [0.5, 0.6) is 0 Å². The third-order valence-electron chi connectivity index (χ3n) is 12.5. The minimum absolute atomic E-state index is 0.0121. The van der Waals surface area contributed by atoms with Crippen LogP contribution in [0.3, 0.4) is 0 Å². The summed E-state index contributed by atoms with van der Waals surface area (Å²) in [7, 11) is -3.74. The summed E-state index contributed by atoms with van der Waals surface area (Å²) in [6, 6.07) is 42.2. The normalized spacial score (nSPS) is 13.5. The van der Waals surface area contributed by atoms with E-state index in [1.807, 2.05) is 114 Å². The van der Waals surface area contributed by atoms with Gasteiger partial charge < -0.3 is 21.3 Å². The Kier molecular flexibility index (Phi) is 12.1. The number of fused-ring (bicyclic) bond motifs is 6. The van der Waals surface area contributed by atoms with Gasteiger partial charge in [-0.3, -0.25) is 23.4 Å². The number of nitrogens with zero attached hydrogens (tertiary/aromatic N) is 7. The summed E-state index contributed by atoms with van der Waals surface area (Å²) < 4.78 is 27.2. The van der Waals surface area contributed by atoms with E-state index in [1.54, 1.807) is 24.5 Å². The highest BCUT2D eigenvalue weighted by molar-refractivity contribution is 7.89. The number of primary sulfonamides is 1. The third-order valence-corrected chi connectivity index (χ3v) is 13.4. The molecule has 0 aliphatic heterocycles. The van der Waals surface area contributed by atoms with Crippen LogP contribution in [-0.4, -0.2) is 72.6 Å². The fourth-order valence-corrected chi connectivity index (χ4v) is 8.95. The molecule has 2 saturated carbocycles. The quantitative estimate of drug-likeness (QED) is 0.0700. The highest BCUT2D eigenvalue weighted by Gasteiger charge is 2.25. The van der Waals surface area contributed by atoms with Crippen molar-refractivity contribution in [1.82, 2.24) is 44.4 Å². The van der Waals surface area contributed by atoms with E-state index in [4.69, 9.17) is 20.1 Å².